The lowest BCUT2D eigenvalue weighted by Crippen LogP contribution is -2.83. The van der Waals surface area contributed by atoms with E-state index in [-0.39, 0.29) is 5.92 Å². The Morgan fingerprint density at radius 1 is 0.733 bits per heavy atom. The number of rotatable bonds is 5. The Kier molecular flexibility index (Phi) is 5.73. The van der Waals surface area contributed by atoms with Gasteiger partial charge in [0.15, 0.2) is 0 Å². The van der Waals surface area contributed by atoms with Gasteiger partial charge in [-0.05, 0) is 23.5 Å². The molecule has 0 amide bonds. The van der Waals surface area contributed by atoms with Crippen molar-refractivity contribution in [2.75, 3.05) is 0 Å². The van der Waals surface area contributed by atoms with Crippen LogP contribution in [0.5, 0.6) is 0 Å². The average molecular weight is 458 g/mol. The van der Waals surface area contributed by atoms with Gasteiger partial charge in [0.05, 0.1) is 6.10 Å². The molecule has 2 atom stereocenters. The van der Waals surface area contributed by atoms with Gasteiger partial charge in [0.2, 0.25) is 0 Å². The molecule has 0 bridgehead atoms. The minimum Gasteiger partial charge on any atom is -0.388 e. The first kappa shape index (κ1) is 24.7. The molecule has 2 unspecified atom stereocenters. The van der Waals surface area contributed by atoms with E-state index in [9.17, 15) is 53.4 Å². The second-order valence-electron chi connectivity index (χ2n) is 7.37. The summed E-state index contributed by atoms with van der Waals surface area (Å²) in [4.78, 5) is 0. The zero-order valence-electron chi connectivity index (χ0n) is 15.5. The van der Waals surface area contributed by atoms with Crippen molar-refractivity contribution >= 4 is 0 Å². The van der Waals surface area contributed by atoms with Crippen LogP contribution in [0.3, 0.4) is 0 Å². The number of benzene rings is 1. The Labute approximate surface area is 163 Å². The second kappa shape index (κ2) is 6.96. The fourth-order valence-electron chi connectivity index (χ4n) is 3.24. The molecule has 0 heterocycles. The zero-order valence-corrected chi connectivity index (χ0v) is 15.5. The molecule has 12 heteroatoms. The van der Waals surface area contributed by atoms with Gasteiger partial charge in [-0.1, -0.05) is 38.1 Å². The van der Waals surface area contributed by atoms with E-state index in [4.69, 9.17) is 0 Å². The molecule has 1 fully saturated rings. The largest absolute Gasteiger partial charge is 0.388 e. The van der Waals surface area contributed by atoms with E-state index in [0.29, 0.717) is 12.0 Å². The number of aliphatic hydroxyl groups is 1. The van der Waals surface area contributed by atoms with Gasteiger partial charge in [-0.25, -0.2) is 4.39 Å². The zero-order chi connectivity index (χ0) is 23.6. The minimum absolute atomic E-state index is 0.207. The van der Waals surface area contributed by atoms with Crippen molar-refractivity contribution in [3.05, 3.63) is 35.4 Å². The molecule has 1 nitrogen and oxygen atoms in total. The van der Waals surface area contributed by atoms with Crippen LogP contribution in [-0.2, 0) is 0 Å². The Morgan fingerprint density at radius 3 is 1.57 bits per heavy atom. The summed E-state index contributed by atoms with van der Waals surface area (Å²) in [5, 5.41) is 9.97. The Morgan fingerprint density at radius 2 is 1.13 bits per heavy atom. The number of hydrogen-bond donors (Lipinski definition) is 1. The summed E-state index contributed by atoms with van der Waals surface area (Å²) in [5.41, 5.74) is -6.28. The molecule has 1 N–H and O–H groups in total. The van der Waals surface area contributed by atoms with Gasteiger partial charge in [-0.2, -0.15) is 43.9 Å². The SMILES string of the molecule is CCC(C)c1cccc(C(O)CC2(F)C(F)(F)C(F)(F)C(F)(F)C(F)(F)C2(F)F)c1. The summed E-state index contributed by atoms with van der Waals surface area (Å²) in [6.07, 6.45) is -4.86. The van der Waals surface area contributed by atoms with Crippen molar-refractivity contribution in [1.82, 2.24) is 0 Å². The van der Waals surface area contributed by atoms with Gasteiger partial charge in [0, 0.05) is 6.42 Å². The molecular weight excluding hydrogens is 441 g/mol. The van der Waals surface area contributed by atoms with E-state index in [2.05, 4.69) is 0 Å². The first-order valence-corrected chi connectivity index (χ1v) is 8.69. The van der Waals surface area contributed by atoms with Gasteiger partial charge >= 0.3 is 29.6 Å². The highest BCUT2D eigenvalue weighted by Crippen LogP contribution is 2.70. The van der Waals surface area contributed by atoms with Crippen LogP contribution >= 0.6 is 0 Å². The maximum atomic E-state index is 14.8. The number of hydrogen-bond acceptors (Lipinski definition) is 1. The normalized spacial score (nSPS) is 27.3. The summed E-state index contributed by atoms with van der Waals surface area (Å²) in [6.45, 7) is 3.41. The molecule has 0 aromatic heterocycles. The Bertz CT molecular complexity index is 760. The van der Waals surface area contributed by atoms with Crippen molar-refractivity contribution in [3.8, 4) is 0 Å². The second-order valence-corrected chi connectivity index (χ2v) is 7.37. The third-order valence-corrected chi connectivity index (χ3v) is 5.52. The maximum Gasteiger partial charge on any atom is 0.384 e. The minimum atomic E-state index is -7.26. The Balaban J connectivity index is 2.58. The van der Waals surface area contributed by atoms with E-state index in [1.807, 2.05) is 0 Å². The molecule has 1 aliphatic carbocycles. The Hall–Kier alpha value is -1.59. The lowest BCUT2D eigenvalue weighted by molar-refractivity contribution is -0.487. The van der Waals surface area contributed by atoms with Gasteiger partial charge < -0.3 is 5.11 Å². The van der Waals surface area contributed by atoms with Crippen molar-refractivity contribution in [3.63, 3.8) is 0 Å². The molecular formula is C18H17F11O. The van der Waals surface area contributed by atoms with E-state index >= 15 is 0 Å². The molecule has 172 valence electrons. The summed E-state index contributed by atoms with van der Waals surface area (Å²) in [5.74, 6) is -35.7. The first-order valence-electron chi connectivity index (χ1n) is 8.69. The molecule has 2 rings (SSSR count). The maximum absolute atomic E-state index is 14.8. The summed E-state index contributed by atoms with van der Waals surface area (Å²) < 4.78 is 151. The van der Waals surface area contributed by atoms with Crippen LogP contribution in [0.15, 0.2) is 24.3 Å². The molecule has 0 spiro atoms. The van der Waals surface area contributed by atoms with Gasteiger partial charge in [-0.15, -0.1) is 0 Å². The van der Waals surface area contributed by atoms with Crippen LogP contribution in [0.25, 0.3) is 0 Å². The predicted molar refractivity (Wildman–Crippen MR) is 83.3 cm³/mol. The molecule has 1 saturated carbocycles. The third-order valence-electron chi connectivity index (χ3n) is 5.52. The topological polar surface area (TPSA) is 20.2 Å². The van der Waals surface area contributed by atoms with E-state index in [1.54, 1.807) is 13.8 Å². The van der Waals surface area contributed by atoms with Crippen LogP contribution in [0.2, 0.25) is 0 Å². The lowest BCUT2D eigenvalue weighted by Gasteiger charge is -2.52. The lowest BCUT2D eigenvalue weighted by atomic mass is 9.69. The molecule has 1 aliphatic rings. The summed E-state index contributed by atoms with van der Waals surface area (Å²) >= 11 is 0. The summed E-state index contributed by atoms with van der Waals surface area (Å²) in [6, 6.07) is 4.68. The van der Waals surface area contributed by atoms with Crippen molar-refractivity contribution in [1.29, 1.82) is 0 Å². The number of aliphatic hydroxyl groups excluding tert-OH is 1. The van der Waals surface area contributed by atoms with Crippen LogP contribution in [0, 0.1) is 0 Å². The highest BCUT2D eigenvalue weighted by atomic mass is 19.4. The average Bonchev–Trinajstić information content (AvgIpc) is 2.65. The highest BCUT2D eigenvalue weighted by Gasteiger charge is 3.00. The fraction of sp³-hybridized carbons (Fsp3) is 0.667. The van der Waals surface area contributed by atoms with Gasteiger partial charge in [0.1, 0.15) is 0 Å². The molecule has 0 radical (unpaired) electrons. The van der Waals surface area contributed by atoms with Crippen molar-refractivity contribution < 1.29 is 53.4 Å². The van der Waals surface area contributed by atoms with Gasteiger partial charge in [0.25, 0.3) is 5.67 Å². The van der Waals surface area contributed by atoms with Crippen LogP contribution in [0.4, 0.5) is 48.3 Å². The molecule has 1 aromatic rings. The molecule has 1 aromatic carbocycles. The highest BCUT2D eigenvalue weighted by molar-refractivity contribution is 5.31. The van der Waals surface area contributed by atoms with Crippen LogP contribution < -0.4 is 0 Å². The molecule has 30 heavy (non-hydrogen) atoms. The number of alkyl halides is 11. The van der Waals surface area contributed by atoms with Gasteiger partial charge in [-0.3, -0.25) is 0 Å². The van der Waals surface area contributed by atoms with E-state index in [0.717, 1.165) is 12.1 Å². The molecule has 0 aliphatic heterocycles. The van der Waals surface area contributed by atoms with Crippen LogP contribution in [0.1, 0.15) is 49.8 Å². The monoisotopic (exact) mass is 458 g/mol. The third kappa shape index (κ3) is 2.85. The predicted octanol–water partition coefficient (Wildman–Crippen LogP) is 6.52. The van der Waals surface area contributed by atoms with Crippen molar-refractivity contribution in [2.45, 2.75) is 74.0 Å². The summed E-state index contributed by atoms with van der Waals surface area (Å²) in [7, 11) is 0. The van der Waals surface area contributed by atoms with Crippen LogP contribution in [-0.4, -0.2) is 40.4 Å². The van der Waals surface area contributed by atoms with E-state index in [1.165, 1.54) is 12.1 Å². The fourth-order valence-corrected chi connectivity index (χ4v) is 3.24. The quantitative estimate of drug-likeness (QED) is 0.498. The first-order chi connectivity index (χ1) is 13.3. The van der Waals surface area contributed by atoms with Crippen molar-refractivity contribution in [2.24, 2.45) is 0 Å². The standard InChI is InChI=1S/C18H17F11O/c1-3-9(2)10-5-4-6-11(7-10)12(30)8-13(19)14(20,21)16(24,25)18(28,29)17(26,27)15(13,22)23/h4-7,9,12,30H,3,8H2,1-2H3. The smallest absolute Gasteiger partial charge is 0.384 e. The molecule has 0 saturated heterocycles. The number of halogens is 11. The van der Waals surface area contributed by atoms with E-state index < -0.39 is 53.4 Å².